The maximum absolute atomic E-state index is 8.98. The van der Waals surface area contributed by atoms with Crippen LogP contribution in [0.2, 0.25) is 0 Å². The van der Waals surface area contributed by atoms with E-state index >= 15 is 0 Å². The third-order valence-electron chi connectivity index (χ3n) is 5.09. The molecule has 8 heteroatoms. The van der Waals surface area contributed by atoms with E-state index in [1.165, 1.54) is 0 Å². The lowest BCUT2D eigenvalue weighted by atomic mass is 10.2. The summed E-state index contributed by atoms with van der Waals surface area (Å²) < 4.78 is 1.75. The van der Waals surface area contributed by atoms with Crippen LogP contribution >= 0.6 is 0 Å². The summed E-state index contributed by atoms with van der Waals surface area (Å²) in [5.41, 5.74) is 0. The molecule has 0 unspecified atom stereocenters. The van der Waals surface area contributed by atoms with Crippen LogP contribution in [0.4, 0.5) is 0 Å². The molecule has 0 atom stereocenters. The zero-order valence-electron chi connectivity index (χ0n) is 18.8. The second-order valence-corrected chi connectivity index (χ2v) is 7.37. The summed E-state index contributed by atoms with van der Waals surface area (Å²) in [5.74, 6) is 0. The van der Waals surface area contributed by atoms with Crippen LogP contribution in [0.15, 0.2) is 0 Å². The third kappa shape index (κ3) is 16.2. The highest BCUT2D eigenvalue weighted by Gasteiger charge is 2.24. The van der Waals surface area contributed by atoms with Gasteiger partial charge in [0.15, 0.2) is 0 Å². The van der Waals surface area contributed by atoms with Gasteiger partial charge in [0.25, 0.3) is 0 Å². The van der Waals surface area contributed by atoms with E-state index in [-0.39, 0.29) is 51.2 Å². The van der Waals surface area contributed by atoms with E-state index in [4.69, 9.17) is 20.4 Å². The molecule has 176 valence electrons. The summed E-state index contributed by atoms with van der Waals surface area (Å²) >= 11 is 0. The van der Waals surface area contributed by atoms with E-state index in [2.05, 4.69) is 27.7 Å². The zero-order chi connectivity index (χ0) is 20.3. The number of rotatable bonds is 16. The van der Waals surface area contributed by atoms with Gasteiger partial charge in [-0.05, 0) is 25.7 Å². The summed E-state index contributed by atoms with van der Waals surface area (Å²) in [7, 11) is 0. The van der Waals surface area contributed by atoms with Gasteiger partial charge < -0.3 is 54.2 Å². The van der Waals surface area contributed by atoms with Crippen LogP contribution in [0.5, 0.6) is 0 Å². The lowest BCUT2D eigenvalue weighted by Gasteiger charge is -2.37. The highest BCUT2D eigenvalue weighted by molar-refractivity contribution is 4.45. The molecule has 0 spiro atoms. The van der Waals surface area contributed by atoms with Crippen molar-refractivity contribution in [1.29, 1.82) is 0 Å². The Morgan fingerprint density at radius 2 is 0.571 bits per heavy atom. The SMILES string of the molecule is CCC[N+](CCC)(CCO)CCO.CCC[N+](CCC)(CCO)CCO.[Cl-].[Cl-]. The highest BCUT2D eigenvalue weighted by Crippen LogP contribution is 2.09. The number of aliphatic hydroxyl groups excluding tert-OH is 4. The third-order valence-corrected chi connectivity index (χ3v) is 5.09. The van der Waals surface area contributed by atoms with E-state index in [0.717, 1.165) is 87.0 Å². The van der Waals surface area contributed by atoms with Crippen LogP contribution in [0.1, 0.15) is 53.4 Å². The van der Waals surface area contributed by atoms with Crippen molar-refractivity contribution < 1.29 is 54.2 Å². The quantitative estimate of drug-likeness (QED) is 0.178. The molecule has 6 nitrogen and oxygen atoms in total. The fourth-order valence-electron chi connectivity index (χ4n) is 4.09. The first-order valence-corrected chi connectivity index (χ1v) is 10.6. The van der Waals surface area contributed by atoms with Crippen LogP contribution in [-0.4, -0.2) is 108 Å². The van der Waals surface area contributed by atoms with Crippen molar-refractivity contribution in [2.24, 2.45) is 0 Å². The molecule has 28 heavy (non-hydrogen) atoms. The molecule has 0 aromatic rings. The molecule has 0 aliphatic rings. The number of hydrogen-bond acceptors (Lipinski definition) is 4. The Morgan fingerprint density at radius 3 is 0.679 bits per heavy atom. The van der Waals surface area contributed by atoms with Gasteiger partial charge in [0.2, 0.25) is 0 Å². The fourth-order valence-corrected chi connectivity index (χ4v) is 4.09. The lowest BCUT2D eigenvalue weighted by Crippen LogP contribution is -3.00. The highest BCUT2D eigenvalue weighted by atomic mass is 35.5. The van der Waals surface area contributed by atoms with Gasteiger partial charge >= 0.3 is 0 Å². The first kappa shape index (κ1) is 35.8. The Balaban J connectivity index is -0.000000192. The van der Waals surface area contributed by atoms with E-state index in [1.54, 1.807) is 0 Å². The number of halogens is 2. The van der Waals surface area contributed by atoms with Crippen molar-refractivity contribution in [3.05, 3.63) is 0 Å². The van der Waals surface area contributed by atoms with Crippen molar-refractivity contribution in [2.75, 3.05) is 78.8 Å². The molecular weight excluding hydrogens is 403 g/mol. The van der Waals surface area contributed by atoms with Gasteiger partial charge in [-0.15, -0.1) is 0 Å². The number of quaternary nitrogens is 2. The minimum atomic E-state index is 0. The van der Waals surface area contributed by atoms with Crippen molar-refractivity contribution in [1.82, 2.24) is 0 Å². The van der Waals surface area contributed by atoms with Gasteiger partial charge in [-0.3, -0.25) is 0 Å². The number of nitrogens with zero attached hydrogens (tertiary/aromatic N) is 2. The maximum atomic E-state index is 8.98. The molecule has 0 aromatic heterocycles. The normalized spacial score (nSPS) is 11.1. The van der Waals surface area contributed by atoms with Gasteiger partial charge in [-0.25, -0.2) is 0 Å². The Hall–Kier alpha value is 0.340. The molecule has 0 rings (SSSR count). The Bertz CT molecular complexity index is 214. The van der Waals surface area contributed by atoms with Crippen LogP contribution < -0.4 is 24.8 Å². The summed E-state index contributed by atoms with van der Waals surface area (Å²) in [4.78, 5) is 0. The minimum Gasteiger partial charge on any atom is -1.00 e. The van der Waals surface area contributed by atoms with E-state index in [9.17, 15) is 0 Å². The smallest absolute Gasteiger partial charge is 0.102 e. The largest absolute Gasteiger partial charge is 1.00 e. The Morgan fingerprint density at radius 1 is 0.393 bits per heavy atom. The first-order chi connectivity index (χ1) is 12.5. The van der Waals surface area contributed by atoms with Crippen LogP contribution in [0.3, 0.4) is 0 Å². The number of hydrogen-bond donors (Lipinski definition) is 4. The van der Waals surface area contributed by atoms with Crippen molar-refractivity contribution in [3.63, 3.8) is 0 Å². The Kier molecular flexibility index (Phi) is 30.2. The maximum Gasteiger partial charge on any atom is 0.102 e. The molecular formula is C20H48Cl2N2O4. The van der Waals surface area contributed by atoms with Crippen LogP contribution in [0.25, 0.3) is 0 Å². The van der Waals surface area contributed by atoms with Crippen molar-refractivity contribution >= 4 is 0 Å². The summed E-state index contributed by atoms with van der Waals surface area (Å²) in [6.07, 6.45) is 4.44. The molecule has 0 saturated carbocycles. The molecule has 0 aliphatic carbocycles. The predicted molar refractivity (Wildman–Crippen MR) is 109 cm³/mol. The zero-order valence-corrected chi connectivity index (χ0v) is 20.3. The second-order valence-electron chi connectivity index (χ2n) is 7.37. The van der Waals surface area contributed by atoms with E-state index < -0.39 is 0 Å². The summed E-state index contributed by atoms with van der Waals surface area (Å²) in [6.45, 7) is 16.9. The van der Waals surface area contributed by atoms with Gasteiger partial charge in [0, 0.05) is 0 Å². The summed E-state index contributed by atoms with van der Waals surface area (Å²) in [6, 6.07) is 0. The van der Waals surface area contributed by atoms with Gasteiger partial charge in [-0.2, -0.15) is 0 Å². The van der Waals surface area contributed by atoms with E-state index in [1.807, 2.05) is 0 Å². The standard InChI is InChI=1S/2C10H24NO2.2ClH/c2*1-3-5-11(6-4-2,7-9-12)8-10-13;;/h2*12-13H,3-10H2,1-2H3;2*1H/q2*+1;;/p-2. The molecule has 0 aliphatic heterocycles. The van der Waals surface area contributed by atoms with Crippen molar-refractivity contribution in [2.45, 2.75) is 53.4 Å². The molecule has 0 bridgehead atoms. The van der Waals surface area contributed by atoms with Gasteiger partial charge in [0.1, 0.15) is 26.2 Å². The van der Waals surface area contributed by atoms with Crippen molar-refractivity contribution in [3.8, 4) is 0 Å². The van der Waals surface area contributed by atoms with Gasteiger partial charge in [-0.1, -0.05) is 27.7 Å². The Labute approximate surface area is 186 Å². The fraction of sp³-hybridized carbons (Fsp3) is 1.00. The average molecular weight is 452 g/mol. The van der Waals surface area contributed by atoms with Gasteiger partial charge in [0.05, 0.1) is 52.6 Å². The molecule has 4 N–H and O–H groups in total. The van der Waals surface area contributed by atoms with Crippen LogP contribution in [0, 0.1) is 0 Å². The summed E-state index contributed by atoms with van der Waals surface area (Å²) in [5, 5.41) is 35.9. The molecule has 0 fully saturated rings. The van der Waals surface area contributed by atoms with E-state index in [0.29, 0.717) is 0 Å². The molecule has 0 aromatic carbocycles. The first-order valence-electron chi connectivity index (χ1n) is 10.6. The minimum absolute atomic E-state index is 0. The topological polar surface area (TPSA) is 80.9 Å². The van der Waals surface area contributed by atoms with Crippen LogP contribution in [-0.2, 0) is 0 Å². The second kappa shape index (κ2) is 23.6. The number of aliphatic hydroxyl groups is 4. The monoisotopic (exact) mass is 450 g/mol. The molecule has 0 heterocycles. The molecule has 0 amide bonds. The lowest BCUT2D eigenvalue weighted by molar-refractivity contribution is -0.928. The molecule has 0 radical (unpaired) electrons. The average Bonchev–Trinajstić information content (AvgIpc) is 2.57. The molecule has 0 saturated heterocycles. The predicted octanol–water partition coefficient (Wildman–Crippen LogP) is -4.78.